The van der Waals surface area contributed by atoms with E-state index in [4.69, 9.17) is 13.6 Å². The van der Waals surface area contributed by atoms with Crippen molar-refractivity contribution >= 4 is 7.82 Å². The van der Waals surface area contributed by atoms with E-state index >= 15 is 0 Å². The van der Waals surface area contributed by atoms with Gasteiger partial charge in [-0.15, -0.1) is 0 Å². The maximum atomic E-state index is 13.7. The molecule has 0 saturated carbocycles. The van der Waals surface area contributed by atoms with Gasteiger partial charge in [-0.05, 0) is 72.4 Å². The zero-order valence-electron chi connectivity index (χ0n) is 20.2. The Bertz CT molecular complexity index is 956. The second-order valence-electron chi connectivity index (χ2n) is 8.20. The molecule has 0 saturated heterocycles. The summed E-state index contributed by atoms with van der Waals surface area (Å²) < 4.78 is 30.9. The van der Waals surface area contributed by atoms with Crippen LogP contribution in [-0.2, 0) is 4.57 Å². The number of phosphoric ester groups is 1. The molecule has 3 N–H and O–H groups in total. The van der Waals surface area contributed by atoms with Gasteiger partial charge < -0.3 is 28.9 Å². The average molecular weight is 501 g/mol. The highest BCUT2D eigenvalue weighted by atomic mass is 31.2. The molecule has 3 rings (SSSR count). The molecule has 8 heteroatoms. The number of benzene rings is 3. The molecule has 0 amide bonds. The van der Waals surface area contributed by atoms with Gasteiger partial charge in [-0.3, -0.25) is 0 Å². The SMILES string of the molecule is CCC(O)c1ccc(OP(=O)(Oc2ccc(C(O)CC)cc2)Oc2ccc(C(O)CC)cc2)cc1. The lowest BCUT2D eigenvalue weighted by atomic mass is 10.1. The highest BCUT2D eigenvalue weighted by Crippen LogP contribution is 2.50. The van der Waals surface area contributed by atoms with Crippen LogP contribution in [0.1, 0.15) is 75.0 Å². The monoisotopic (exact) mass is 500 g/mol. The van der Waals surface area contributed by atoms with Gasteiger partial charge >= 0.3 is 7.82 Å². The minimum Gasteiger partial charge on any atom is -0.388 e. The second-order valence-corrected chi connectivity index (χ2v) is 9.64. The number of hydrogen-bond donors (Lipinski definition) is 3. The fraction of sp³-hybridized carbons (Fsp3) is 0.333. The van der Waals surface area contributed by atoms with Crippen molar-refractivity contribution in [1.29, 1.82) is 0 Å². The first kappa shape index (κ1) is 26.8. The molecule has 3 aromatic carbocycles. The van der Waals surface area contributed by atoms with Crippen LogP contribution in [0, 0.1) is 0 Å². The van der Waals surface area contributed by atoms with Gasteiger partial charge in [-0.1, -0.05) is 57.2 Å². The molecular weight excluding hydrogens is 467 g/mol. The molecule has 0 aromatic heterocycles. The Morgan fingerprint density at radius 2 is 0.771 bits per heavy atom. The summed E-state index contributed by atoms with van der Waals surface area (Å²) in [4.78, 5) is 0. The van der Waals surface area contributed by atoms with Gasteiger partial charge in [0.15, 0.2) is 0 Å². The highest BCUT2D eigenvalue weighted by Gasteiger charge is 2.33. The number of rotatable bonds is 12. The molecule has 188 valence electrons. The van der Waals surface area contributed by atoms with E-state index in [1.165, 1.54) is 0 Å². The van der Waals surface area contributed by atoms with E-state index in [2.05, 4.69) is 0 Å². The maximum absolute atomic E-state index is 13.7. The third-order valence-corrected chi connectivity index (χ3v) is 6.91. The molecule has 0 fully saturated rings. The van der Waals surface area contributed by atoms with E-state index < -0.39 is 26.1 Å². The van der Waals surface area contributed by atoms with Crippen molar-refractivity contribution in [2.45, 2.75) is 58.3 Å². The summed E-state index contributed by atoms with van der Waals surface area (Å²) in [5.74, 6) is 0.740. The van der Waals surface area contributed by atoms with Crippen LogP contribution in [0.15, 0.2) is 72.8 Å². The van der Waals surface area contributed by atoms with Gasteiger partial charge in [-0.25, -0.2) is 0 Å². The molecule has 0 aliphatic rings. The Labute approximate surface area is 206 Å². The van der Waals surface area contributed by atoms with Gasteiger partial charge in [0.2, 0.25) is 0 Å². The van der Waals surface area contributed by atoms with Crippen molar-refractivity contribution in [2.24, 2.45) is 0 Å². The predicted octanol–water partition coefficient (Wildman–Crippen LogP) is 6.66. The fourth-order valence-corrected chi connectivity index (χ4v) is 4.65. The van der Waals surface area contributed by atoms with Crippen molar-refractivity contribution < 1.29 is 33.5 Å². The Hall–Kier alpha value is -2.83. The zero-order chi connectivity index (χ0) is 25.4. The van der Waals surface area contributed by atoms with Gasteiger partial charge in [0.1, 0.15) is 17.2 Å². The van der Waals surface area contributed by atoms with Crippen LogP contribution in [0.3, 0.4) is 0 Å². The molecule has 3 unspecified atom stereocenters. The molecule has 3 atom stereocenters. The zero-order valence-corrected chi connectivity index (χ0v) is 21.1. The maximum Gasteiger partial charge on any atom is 0.647 e. The Kier molecular flexibility index (Phi) is 9.35. The molecule has 0 spiro atoms. The van der Waals surface area contributed by atoms with Crippen molar-refractivity contribution in [1.82, 2.24) is 0 Å². The summed E-state index contributed by atoms with van der Waals surface area (Å²) in [5.41, 5.74) is 2.14. The lowest BCUT2D eigenvalue weighted by Crippen LogP contribution is -2.08. The summed E-state index contributed by atoms with van der Waals surface area (Å²) in [6, 6.07) is 19.7. The summed E-state index contributed by atoms with van der Waals surface area (Å²) in [5, 5.41) is 30.1. The van der Waals surface area contributed by atoms with E-state index in [0.29, 0.717) is 36.0 Å². The predicted molar refractivity (Wildman–Crippen MR) is 135 cm³/mol. The van der Waals surface area contributed by atoms with Crippen molar-refractivity contribution in [3.05, 3.63) is 89.5 Å². The standard InChI is InChI=1S/C27H33O7P/c1-4-25(28)19-7-13-22(14-8-19)32-35(31,33-23-15-9-20(10-16-23)26(29)5-2)34-24-17-11-21(12-18-24)27(30)6-3/h7-18,25-30H,4-6H2,1-3H3. The molecule has 0 aliphatic carbocycles. The van der Waals surface area contributed by atoms with Crippen LogP contribution in [0.5, 0.6) is 17.2 Å². The first-order valence-electron chi connectivity index (χ1n) is 11.8. The summed E-state index contributed by atoms with van der Waals surface area (Å²) >= 11 is 0. The van der Waals surface area contributed by atoms with E-state index in [1.807, 2.05) is 20.8 Å². The molecule has 0 bridgehead atoms. The van der Waals surface area contributed by atoms with Gasteiger partial charge in [0, 0.05) is 0 Å². The lowest BCUT2D eigenvalue weighted by Gasteiger charge is -2.20. The molecule has 0 radical (unpaired) electrons. The summed E-state index contributed by atoms with van der Waals surface area (Å²) in [6.45, 7) is 5.63. The van der Waals surface area contributed by atoms with Crippen LogP contribution in [0.25, 0.3) is 0 Å². The van der Waals surface area contributed by atoms with Crippen LogP contribution >= 0.6 is 7.82 Å². The van der Waals surface area contributed by atoms with E-state index in [0.717, 1.165) is 0 Å². The fourth-order valence-electron chi connectivity index (χ4n) is 3.40. The summed E-state index contributed by atoms with van der Waals surface area (Å²) in [7, 11) is -4.21. The van der Waals surface area contributed by atoms with Crippen molar-refractivity contribution in [2.75, 3.05) is 0 Å². The minimum atomic E-state index is -4.21. The third-order valence-electron chi connectivity index (χ3n) is 5.61. The molecule has 0 heterocycles. The number of aliphatic hydroxyl groups is 3. The molecule has 7 nitrogen and oxygen atoms in total. The Morgan fingerprint density at radius 3 is 0.971 bits per heavy atom. The van der Waals surface area contributed by atoms with E-state index in [9.17, 15) is 19.9 Å². The molecular formula is C27H33O7P. The first-order valence-corrected chi connectivity index (χ1v) is 13.3. The van der Waals surface area contributed by atoms with Crippen molar-refractivity contribution in [3.63, 3.8) is 0 Å². The van der Waals surface area contributed by atoms with Gasteiger partial charge in [0.25, 0.3) is 0 Å². The number of aliphatic hydroxyl groups excluding tert-OH is 3. The highest BCUT2D eigenvalue weighted by molar-refractivity contribution is 7.49. The smallest absolute Gasteiger partial charge is 0.388 e. The quantitative estimate of drug-likeness (QED) is 0.239. The lowest BCUT2D eigenvalue weighted by molar-refractivity contribution is 0.173. The van der Waals surface area contributed by atoms with Gasteiger partial charge in [-0.2, -0.15) is 4.57 Å². The van der Waals surface area contributed by atoms with E-state index in [-0.39, 0.29) is 17.2 Å². The van der Waals surface area contributed by atoms with Gasteiger partial charge in [0.05, 0.1) is 18.3 Å². The van der Waals surface area contributed by atoms with Crippen LogP contribution in [0.4, 0.5) is 0 Å². The van der Waals surface area contributed by atoms with E-state index in [1.54, 1.807) is 72.8 Å². The number of phosphoric acid groups is 1. The molecule has 3 aromatic rings. The minimum absolute atomic E-state index is 0.247. The average Bonchev–Trinajstić information content (AvgIpc) is 2.88. The molecule has 0 aliphatic heterocycles. The molecule has 35 heavy (non-hydrogen) atoms. The second kappa shape index (κ2) is 12.2. The Balaban J connectivity index is 1.86. The largest absolute Gasteiger partial charge is 0.647 e. The normalized spacial score (nSPS) is 15.5. The van der Waals surface area contributed by atoms with Crippen molar-refractivity contribution in [3.8, 4) is 17.2 Å². The van der Waals surface area contributed by atoms with Crippen LogP contribution < -0.4 is 13.6 Å². The van der Waals surface area contributed by atoms with Crippen LogP contribution in [-0.4, -0.2) is 15.3 Å². The summed E-state index contributed by atoms with van der Waals surface area (Å²) in [6.07, 6.45) is -0.102. The topological polar surface area (TPSA) is 105 Å². The first-order chi connectivity index (χ1) is 16.8. The number of hydrogen-bond acceptors (Lipinski definition) is 7. The third kappa shape index (κ3) is 7.33. The Morgan fingerprint density at radius 1 is 0.543 bits per heavy atom. The van der Waals surface area contributed by atoms with Crippen LogP contribution in [0.2, 0.25) is 0 Å².